The van der Waals surface area contributed by atoms with Crippen LogP contribution in [0.4, 0.5) is 0 Å². The van der Waals surface area contributed by atoms with Gasteiger partial charge in [-0.1, -0.05) is 12.1 Å². The zero-order valence-electron chi connectivity index (χ0n) is 11.6. The van der Waals surface area contributed by atoms with Gasteiger partial charge in [-0.05, 0) is 31.5 Å². The van der Waals surface area contributed by atoms with Gasteiger partial charge in [0.1, 0.15) is 5.75 Å². The van der Waals surface area contributed by atoms with E-state index in [0.29, 0.717) is 19.8 Å². The van der Waals surface area contributed by atoms with E-state index in [9.17, 15) is 4.79 Å². The van der Waals surface area contributed by atoms with Crippen molar-refractivity contribution in [3.05, 3.63) is 29.8 Å². The molecule has 0 saturated heterocycles. The summed E-state index contributed by atoms with van der Waals surface area (Å²) in [6, 6.07) is 7.52. The maximum Gasteiger partial charge on any atom is 0.277 e. The van der Waals surface area contributed by atoms with Gasteiger partial charge in [-0.15, -0.1) is 0 Å². The van der Waals surface area contributed by atoms with Crippen LogP contribution in [0.3, 0.4) is 0 Å². The molecule has 0 aliphatic carbocycles. The predicted molar refractivity (Wildman–Crippen MR) is 71.9 cm³/mol. The summed E-state index contributed by atoms with van der Waals surface area (Å²) in [5.74, 6) is 0.490. The van der Waals surface area contributed by atoms with Crippen molar-refractivity contribution in [2.24, 2.45) is 0 Å². The Hall–Kier alpha value is -1.59. The highest BCUT2D eigenvalue weighted by Crippen LogP contribution is 2.12. The van der Waals surface area contributed by atoms with E-state index in [-0.39, 0.29) is 5.91 Å². The van der Waals surface area contributed by atoms with Crippen molar-refractivity contribution in [2.75, 3.05) is 20.3 Å². The van der Waals surface area contributed by atoms with E-state index < -0.39 is 6.29 Å². The minimum absolute atomic E-state index is 0.272. The molecule has 0 radical (unpaired) electrons. The molecule has 1 amide bonds. The Morgan fingerprint density at radius 1 is 1.26 bits per heavy atom. The van der Waals surface area contributed by atoms with Gasteiger partial charge in [-0.3, -0.25) is 4.79 Å². The minimum Gasteiger partial charge on any atom is -0.497 e. The van der Waals surface area contributed by atoms with Crippen LogP contribution in [0.25, 0.3) is 0 Å². The van der Waals surface area contributed by atoms with E-state index >= 15 is 0 Å². The number of hydrogen-bond acceptors (Lipinski definition) is 4. The van der Waals surface area contributed by atoms with Crippen LogP contribution in [0, 0.1) is 0 Å². The fraction of sp³-hybridized carbons (Fsp3) is 0.500. The number of carbonyl (C=O) groups is 1. The van der Waals surface area contributed by atoms with Crippen LogP contribution in [0.5, 0.6) is 5.75 Å². The van der Waals surface area contributed by atoms with Crippen LogP contribution in [-0.4, -0.2) is 32.5 Å². The van der Waals surface area contributed by atoms with Gasteiger partial charge < -0.3 is 19.5 Å². The van der Waals surface area contributed by atoms with Crippen molar-refractivity contribution in [1.82, 2.24) is 5.32 Å². The second kappa shape index (κ2) is 8.50. The molecule has 0 unspecified atom stereocenters. The molecular formula is C14H21NO4. The fourth-order valence-corrected chi connectivity index (χ4v) is 1.56. The molecule has 1 N–H and O–H groups in total. The first kappa shape index (κ1) is 15.5. The Morgan fingerprint density at radius 3 is 2.53 bits per heavy atom. The molecule has 0 aliphatic rings. The zero-order valence-corrected chi connectivity index (χ0v) is 11.6. The summed E-state index contributed by atoms with van der Waals surface area (Å²) in [4.78, 5) is 11.9. The number of nitrogens with one attached hydrogen (secondary N) is 1. The van der Waals surface area contributed by atoms with Crippen LogP contribution < -0.4 is 10.1 Å². The molecule has 5 heteroatoms. The van der Waals surface area contributed by atoms with Crippen molar-refractivity contribution >= 4 is 5.91 Å². The molecule has 0 saturated carbocycles. The average Bonchev–Trinajstić information content (AvgIpc) is 2.44. The molecular weight excluding hydrogens is 246 g/mol. The zero-order chi connectivity index (χ0) is 14.1. The Balaban J connectivity index is 2.51. The number of hydrogen-bond donors (Lipinski definition) is 1. The lowest BCUT2D eigenvalue weighted by Gasteiger charge is -2.16. The topological polar surface area (TPSA) is 56.8 Å². The van der Waals surface area contributed by atoms with Crippen LogP contribution >= 0.6 is 0 Å². The maximum atomic E-state index is 11.9. The summed E-state index contributed by atoms with van der Waals surface area (Å²) in [5.41, 5.74) is 0.958. The third kappa shape index (κ3) is 5.28. The van der Waals surface area contributed by atoms with Gasteiger partial charge in [0.15, 0.2) is 0 Å². The summed E-state index contributed by atoms with van der Waals surface area (Å²) >= 11 is 0. The largest absolute Gasteiger partial charge is 0.497 e. The maximum absolute atomic E-state index is 11.9. The van der Waals surface area contributed by atoms with Gasteiger partial charge in [0.2, 0.25) is 6.29 Å². The molecule has 0 fully saturated rings. The van der Waals surface area contributed by atoms with Gasteiger partial charge in [0.05, 0.1) is 7.11 Å². The van der Waals surface area contributed by atoms with Crippen LogP contribution in [0.15, 0.2) is 24.3 Å². The highest BCUT2D eigenvalue weighted by Gasteiger charge is 2.18. The normalized spacial score (nSPS) is 10.5. The molecule has 106 valence electrons. The number of amides is 1. The molecule has 1 aromatic carbocycles. The van der Waals surface area contributed by atoms with Gasteiger partial charge in [-0.2, -0.15) is 0 Å². The first-order valence-electron chi connectivity index (χ1n) is 6.35. The predicted octanol–water partition coefficient (Wildman–Crippen LogP) is 1.71. The molecule has 1 aromatic rings. The molecule has 0 heterocycles. The third-order valence-corrected chi connectivity index (χ3v) is 2.45. The molecule has 1 rings (SSSR count). The second-order valence-corrected chi connectivity index (χ2v) is 3.81. The van der Waals surface area contributed by atoms with E-state index in [1.807, 2.05) is 38.1 Å². The van der Waals surface area contributed by atoms with Gasteiger partial charge in [0, 0.05) is 19.8 Å². The van der Waals surface area contributed by atoms with E-state index in [4.69, 9.17) is 14.2 Å². The molecule has 0 spiro atoms. The number of rotatable bonds is 8. The first-order valence-corrected chi connectivity index (χ1v) is 6.35. The smallest absolute Gasteiger partial charge is 0.277 e. The molecule has 0 aliphatic heterocycles. The van der Waals surface area contributed by atoms with Crippen molar-refractivity contribution in [2.45, 2.75) is 26.7 Å². The lowest BCUT2D eigenvalue weighted by molar-refractivity contribution is -0.170. The van der Waals surface area contributed by atoms with Crippen LogP contribution in [-0.2, 0) is 20.8 Å². The van der Waals surface area contributed by atoms with Crippen LogP contribution in [0.2, 0.25) is 0 Å². The van der Waals surface area contributed by atoms with Crippen molar-refractivity contribution in [3.63, 3.8) is 0 Å². The third-order valence-electron chi connectivity index (χ3n) is 2.45. The lowest BCUT2D eigenvalue weighted by atomic mass is 10.2. The summed E-state index contributed by atoms with van der Waals surface area (Å²) in [6.45, 7) is 4.91. The molecule has 0 atom stereocenters. The Morgan fingerprint density at radius 2 is 1.95 bits per heavy atom. The lowest BCUT2D eigenvalue weighted by Crippen LogP contribution is -2.38. The highest BCUT2D eigenvalue weighted by atomic mass is 16.7. The highest BCUT2D eigenvalue weighted by molar-refractivity contribution is 5.79. The Kier molecular flexibility index (Phi) is 6.92. The average molecular weight is 267 g/mol. The van der Waals surface area contributed by atoms with E-state index in [1.54, 1.807) is 7.11 Å². The van der Waals surface area contributed by atoms with Crippen LogP contribution in [0.1, 0.15) is 19.4 Å². The SMILES string of the molecule is CCOC(OCC)C(=O)NCc1cccc(OC)c1. The van der Waals surface area contributed by atoms with E-state index in [1.165, 1.54) is 0 Å². The quantitative estimate of drug-likeness (QED) is 0.728. The Labute approximate surface area is 113 Å². The van der Waals surface area contributed by atoms with Crippen molar-refractivity contribution in [1.29, 1.82) is 0 Å². The van der Waals surface area contributed by atoms with Gasteiger partial charge >= 0.3 is 0 Å². The summed E-state index contributed by atoms with van der Waals surface area (Å²) in [5, 5.41) is 2.78. The van der Waals surface area contributed by atoms with E-state index in [0.717, 1.165) is 11.3 Å². The molecule has 0 aromatic heterocycles. The van der Waals surface area contributed by atoms with Crippen molar-refractivity contribution < 1.29 is 19.0 Å². The van der Waals surface area contributed by atoms with Crippen molar-refractivity contribution in [3.8, 4) is 5.75 Å². The van der Waals surface area contributed by atoms with E-state index in [2.05, 4.69) is 5.32 Å². The number of ether oxygens (including phenoxy) is 3. The first-order chi connectivity index (χ1) is 9.21. The number of carbonyl (C=O) groups excluding carboxylic acids is 1. The van der Waals surface area contributed by atoms with Gasteiger partial charge in [0.25, 0.3) is 5.91 Å². The second-order valence-electron chi connectivity index (χ2n) is 3.81. The molecule has 5 nitrogen and oxygen atoms in total. The summed E-state index contributed by atoms with van der Waals surface area (Å²) < 4.78 is 15.6. The minimum atomic E-state index is -0.847. The summed E-state index contributed by atoms with van der Waals surface area (Å²) in [7, 11) is 1.61. The number of benzene rings is 1. The summed E-state index contributed by atoms with van der Waals surface area (Å²) in [6.07, 6.45) is -0.847. The molecule has 0 bridgehead atoms. The fourth-order valence-electron chi connectivity index (χ4n) is 1.56. The van der Waals surface area contributed by atoms with Gasteiger partial charge in [-0.25, -0.2) is 0 Å². The monoisotopic (exact) mass is 267 g/mol. The standard InChI is InChI=1S/C14H21NO4/c1-4-18-14(19-5-2)13(16)15-10-11-7-6-8-12(9-11)17-3/h6-9,14H,4-5,10H2,1-3H3,(H,15,16). The Bertz CT molecular complexity index is 389. The molecule has 19 heavy (non-hydrogen) atoms. The number of methoxy groups -OCH3 is 1.